The Morgan fingerprint density at radius 3 is 2.26 bits per heavy atom. The lowest BCUT2D eigenvalue weighted by molar-refractivity contribution is -0.139. The number of amides is 1. The topological polar surface area (TPSA) is 113 Å². The van der Waals surface area contributed by atoms with E-state index in [9.17, 15) is 18.0 Å². The monoisotopic (exact) mass is 294 g/mol. The van der Waals surface area contributed by atoms with Crippen molar-refractivity contribution in [3.63, 3.8) is 0 Å². The highest BCUT2D eigenvalue weighted by atomic mass is 32.2. The van der Waals surface area contributed by atoms with Gasteiger partial charge in [0.05, 0.1) is 12.2 Å². The van der Waals surface area contributed by atoms with Gasteiger partial charge in [-0.3, -0.25) is 9.59 Å². The Labute approximate surface area is 113 Å². The zero-order chi connectivity index (χ0) is 15.1. The molecule has 0 aliphatic rings. The molecule has 0 atom stereocenters. The third kappa shape index (κ3) is 9.43. The first kappa shape index (κ1) is 17.8. The van der Waals surface area contributed by atoms with Crippen LogP contribution in [0.15, 0.2) is 0 Å². The third-order valence-corrected chi connectivity index (χ3v) is 3.80. The van der Waals surface area contributed by atoms with Gasteiger partial charge in [-0.05, 0) is 5.41 Å². The zero-order valence-corrected chi connectivity index (χ0v) is 12.3. The van der Waals surface area contributed by atoms with Crippen LogP contribution in [0.2, 0.25) is 0 Å². The fourth-order valence-corrected chi connectivity index (χ4v) is 2.54. The number of carbonyl (C=O) groups is 2. The van der Waals surface area contributed by atoms with E-state index in [0.29, 0.717) is 6.54 Å². The summed E-state index contributed by atoms with van der Waals surface area (Å²) >= 11 is 0. The van der Waals surface area contributed by atoms with Crippen LogP contribution in [0.1, 0.15) is 33.6 Å². The van der Waals surface area contributed by atoms with Crippen LogP contribution in [0.3, 0.4) is 0 Å². The van der Waals surface area contributed by atoms with E-state index in [2.05, 4.69) is 10.0 Å². The van der Waals surface area contributed by atoms with Gasteiger partial charge < -0.3 is 10.4 Å². The van der Waals surface area contributed by atoms with E-state index in [4.69, 9.17) is 5.11 Å². The van der Waals surface area contributed by atoms with Crippen LogP contribution < -0.4 is 10.0 Å². The van der Waals surface area contributed by atoms with Crippen LogP contribution in [0.5, 0.6) is 0 Å². The summed E-state index contributed by atoms with van der Waals surface area (Å²) < 4.78 is 24.9. The van der Waals surface area contributed by atoms with Crippen molar-refractivity contribution in [2.24, 2.45) is 5.41 Å². The molecule has 0 aliphatic heterocycles. The van der Waals surface area contributed by atoms with Crippen LogP contribution in [0, 0.1) is 5.41 Å². The summed E-state index contributed by atoms with van der Waals surface area (Å²) in [6, 6.07) is 0. The fourth-order valence-electron chi connectivity index (χ4n) is 1.59. The molecule has 0 bridgehead atoms. The number of carboxylic acids is 1. The smallest absolute Gasteiger partial charge is 0.303 e. The van der Waals surface area contributed by atoms with Crippen molar-refractivity contribution in [2.75, 3.05) is 18.8 Å². The molecule has 0 aliphatic carbocycles. The number of hydrogen-bond donors (Lipinski definition) is 3. The van der Waals surface area contributed by atoms with Crippen LogP contribution in [0.4, 0.5) is 0 Å². The zero-order valence-electron chi connectivity index (χ0n) is 11.5. The third-order valence-electron chi connectivity index (χ3n) is 2.33. The van der Waals surface area contributed by atoms with Crippen LogP contribution in [-0.4, -0.2) is 44.2 Å². The van der Waals surface area contributed by atoms with Crippen LogP contribution >= 0.6 is 0 Å². The summed E-state index contributed by atoms with van der Waals surface area (Å²) in [4.78, 5) is 22.2. The second kappa shape index (κ2) is 7.44. The van der Waals surface area contributed by atoms with Gasteiger partial charge in [0, 0.05) is 19.5 Å². The van der Waals surface area contributed by atoms with Gasteiger partial charge in [-0.15, -0.1) is 0 Å². The minimum Gasteiger partial charge on any atom is -0.481 e. The van der Waals surface area contributed by atoms with Gasteiger partial charge in [-0.25, -0.2) is 13.1 Å². The minimum atomic E-state index is -3.35. The van der Waals surface area contributed by atoms with E-state index in [-0.39, 0.29) is 31.0 Å². The Balaban J connectivity index is 4.10. The SMILES string of the molecule is CCNS(=O)(=O)CCNC(=O)CC(C)(C)CC(=O)O. The van der Waals surface area contributed by atoms with Crippen molar-refractivity contribution in [2.45, 2.75) is 33.6 Å². The second-order valence-electron chi connectivity index (χ2n) is 5.08. The number of carboxylic acid groups (broad SMARTS) is 1. The molecule has 7 nitrogen and oxygen atoms in total. The minimum absolute atomic E-state index is 0.0112. The molecule has 8 heteroatoms. The molecule has 0 aromatic carbocycles. The van der Waals surface area contributed by atoms with Gasteiger partial charge in [0.2, 0.25) is 15.9 Å². The highest BCUT2D eigenvalue weighted by Gasteiger charge is 2.25. The lowest BCUT2D eigenvalue weighted by atomic mass is 9.85. The van der Waals surface area contributed by atoms with Crippen LogP contribution in [0.25, 0.3) is 0 Å². The van der Waals surface area contributed by atoms with E-state index in [1.165, 1.54) is 0 Å². The standard InChI is InChI=1S/C11H22N2O5S/c1-4-13-19(17,18)6-5-12-9(14)7-11(2,3)8-10(15)16/h13H,4-8H2,1-3H3,(H,12,14)(H,15,16). The van der Waals surface area contributed by atoms with Gasteiger partial charge in [0.15, 0.2) is 0 Å². The number of carbonyl (C=O) groups excluding carboxylic acids is 1. The maximum absolute atomic E-state index is 11.6. The summed E-state index contributed by atoms with van der Waals surface area (Å²) in [6.45, 7) is 5.34. The highest BCUT2D eigenvalue weighted by molar-refractivity contribution is 7.89. The number of hydrogen-bond acceptors (Lipinski definition) is 4. The number of rotatable bonds is 9. The number of aliphatic carboxylic acids is 1. The molecule has 0 heterocycles. The molecule has 0 saturated carbocycles. The average Bonchev–Trinajstić information content (AvgIpc) is 2.12. The van der Waals surface area contributed by atoms with Gasteiger partial charge in [0.25, 0.3) is 0 Å². The van der Waals surface area contributed by atoms with Gasteiger partial charge in [-0.1, -0.05) is 20.8 Å². The molecular weight excluding hydrogens is 272 g/mol. The molecule has 0 saturated heterocycles. The molecule has 0 unspecified atom stereocenters. The van der Waals surface area contributed by atoms with Crippen LogP contribution in [-0.2, 0) is 19.6 Å². The highest BCUT2D eigenvalue weighted by Crippen LogP contribution is 2.24. The largest absolute Gasteiger partial charge is 0.481 e. The first-order valence-electron chi connectivity index (χ1n) is 6.04. The number of nitrogens with one attached hydrogen (secondary N) is 2. The fraction of sp³-hybridized carbons (Fsp3) is 0.818. The summed E-state index contributed by atoms with van der Waals surface area (Å²) in [7, 11) is -3.35. The van der Waals surface area contributed by atoms with Crippen molar-refractivity contribution in [3.8, 4) is 0 Å². The molecule has 0 aromatic rings. The Bertz CT molecular complexity index is 417. The van der Waals surface area contributed by atoms with Crippen molar-refractivity contribution in [1.82, 2.24) is 10.0 Å². The van der Waals surface area contributed by atoms with Crippen molar-refractivity contribution >= 4 is 21.9 Å². The summed E-state index contributed by atoms with van der Waals surface area (Å²) in [5.41, 5.74) is -0.656. The molecule has 3 N–H and O–H groups in total. The van der Waals surface area contributed by atoms with Crippen molar-refractivity contribution in [1.29, 1.82) is 0 Å². The molecular formula is C11H22N2O5S. The molecule has 0 rings (SSSR count). The Morgan fingerprint density at radius 2 is 1.79 bits per heavy atom. The average molecular weight is 294 g/mol. The van der Waals surface area contributed by atoms with Crippen molar-refractivity contribution < 1.29 is 23.1 Å². The first-order chi connectivity index (χ1) is 8.58. The maximum atomic E-state index is 11.6. The molecule has 0 fully saturated rings. The summed E-state index contributed by atoms with van der Waals surface area (Å²) in [5, 5.41) is 11.2. The normalized spacial score (nSPS) is 12.2. The second-order valence-corrected chi connectivity index (χ2v) is 7.00. The Morgan fingerprint density at radius 1 is 1.21 bits per heavy atom. The Kier molecular flexibility index (Phi) is 6.99. The van der Waals surface area contributed by atoms with E-state index in [1.54, 1.807) is 20.8 Å². The molecule has 19 heavy (non-hydrogen) atoms. The van der Waals surface area contributed by atoms with E-state index < -0.39 is 21.4 Å². The van der Waals surface area contributed by atoms with E-state index in [1.807, 2.05) is 0 Å². The van der Waals surface area contributed by atoms with Gasteiger partial charge in [0.1, 0.15) is 0 Å². The molecule has 112 valence electrons. The lowest BCUT2D eigenvalue weighted by Gasteiger charge is -2.21. The lowest BCUT2D eigenvalue weighted by Crippen LogP contribution is -2.36. The molecule has 0 radical (unpaired) electrons. The first-order valence-corrected chi connectivity index (χ1v) is 7.69. The quantitative estimate of drug-likeness (QED) is 0.551. The molecule has 0 spiro atoms. The molecule has 0 aromatic heterocycles. The van der Waals surface area contributed by atoms with Crippen molar-refractivity contribution in [3.05, 3.63) is 0 Å². The number of sulfonamides is 1. The summed E-state index contributed by atoms with van der Waals surface area (Å²) in [6.07, 6.45) is -0.0728. The van der Waals surface area contributed by atoms with E-state index in [0.717, 1.165) is 0 Å². The Hall–Kier alpha value is -1.15. The van der Waals surface area contributed by atoms with E-state index >= 15 is 0 Å². The van der Waals surface area contributed by atoms with Gasteiger partial charge in [-0.2, -0.15) is 0 Å². The molecule has 1 amide bonds. The predicted octanol–water partition coefficient (Wildman–Crippen LogP) is -0.0671. The summed E-state index contributed by atoms with van der Waals surface area (Å²) in [5.74, 6) is -1.50. The van der Waals surface area contributed by atoms with Gasteiger partial charge >= 0.3 is 5.97 Å². The predicted molar refractivity (Wildman–Crippen MR) is 71.1 cm³/mol. The maximum Gasteiger partial charge on any atom is 0.303 e.